The van der Waals surface area contributed by atoms with Gasteiger partial charge < -0.3 is 5.73 Å². The number of nitrogens with zero attached hydrogens (tertiary/aromatic N) is 1. The van der Waals surface area contributed by atoms with E-state index < -0.39 is 0 Å². The van der Waals surface area contributed by atoms with Crippen molar-refractivity contribution >= 4 is 16.7 Å². The molecule has 0 fully saturated rings. The molecule has 2 nitrogen and oxygen atoms in total. The van der Waals surface area contributed by atoms with E-state index in [9.17, 15) is 0 Å². The average molecular weight is 200 g/mol. The molecule has 0 saturated carbocycles. The molecule has 0 radical (unpaired) electrons. The van der Waals surface area contributed by atoms with Crippen LogP contribution in [0.15, 0.2) is 24.3 Å². The summed E-state index contributed by atoms with van der Waals surface area (Å²) in [6.07, 6.45) is 0. The molecule has 0 saturated heterocycles. The molecule has 1 aromatic heterocycles. The average Bonchev–Trinajstić information content (AvgIpc) is 2.15. The lowest BCUT2D eigenvalue weighted by Crippen LogP contribution is -1.99. The molecule has 0 atom stereocenters. The normalized spacial score (nSPS) is 11.2. The molecule has 0 bridgehead atoms. The summed E-state index contributed by atoms with van der Waals surface area (Å²) in [5.41, 5.74) is 9.26. The van der Waals surface area contributed by atoms with E-state index in [2.05, 4.69) is 50.0 Å². The highest BCUT2D eigenvalue weighted by atomic mass is 14.8. The second-order valence-electron chi connectivity index (χ2n) is 4.31. The number of aromatic nitrogens is 1. The van der Waals surface area contributed by atoms with Crippen LogP contribution >= 0.6 is 0 Å². The molecule has 0 spiro atoms. The molecule has 2 aromatic rings. The molecule has 2 N–H and O–H groups in total. The number of rotatable bonds is 1. The van der Waals surface area contributed by atoms with Crippen LogP contribution in [0.4, 0.5) is 5.82 Å². The fraction of sp³-hybridized carbons (Fsp3) is 0.308. The predicted octanol–water partition coefficient (Wildman–Crippen LogP) is 3.25. The Morgan fingerprint density at radius 3 is 2.60 bits per heavy atom. The van der Waals surface area contributed by atoms with Crippen LogP contribution in [0, 0.1) is 6.92 Å². The molecule has 15 heavy (non-hydrogen) atoms. The SMILES string of the molecule is Cc1ccc2cc(C(C)C)c(N)nc2c1. The van der Waals surface area contributed by atoms with Crippen molar-refractivity contribution in [3.8, 4) is 0 Å². The van der Waals surface area contributed by atoms with Gasteiger partial charge in [0.05, 0.1) is 5.52 Å². The first-order valence-corrected chi connectivity index (χ1v) is 5.24. The van der Waals surface area contributed by atoms with E-state index in [0.29, 0.717) is 11.7 Å². The summed E-state index contributed by atoms with van der Waals surface area (Å²) in [6.45, 7) is 6.33. The maximum Gasteiger partial charge on any atom is 0.127 e. The summed E-state index contributed by atoms with van der Waals surface area (Å²) in [5, 5.41) is 1.17. The molecular weight excluding hydrogens is 184 g/mol. The van der Waals surface area contributed by atoms with E-state index >= 15 is 0 Å². The number of nitrogens with two attached hydrogens (primary N) is 1. The Kier molecular flexibility index (Phi) is 2.35. The van der Waals surface area contributed by atoms with E-state index in [1.165, 1.54) is 10.9 Å². The van der Waals surface area contributed by atoms with Crippen LogP contribution in [-0.2, 0) is 0 Å². The van der Waals surface area contributed by atoms with Gasteiger partial charge in [-0.05, 0) is 36.1 Å². The summed E-state index contributed by atoms with van der Waals surface area (Å²) >= 11 is 0. The maximum absolute atomic E-state index is 5.93. The van der Waals surface area contributed by atoms with Crippen LogP contribution in [0.1, 0.15) is 30.9 Å². The summed E-state index contributed by atoms with van der Waals surface area (Å²) in [7, 11) is 0. The van der Waals surface area contributed by atoms with Gasteiger partial charge in [-0.15, -0.1) is 0 Å². The van der Waals surface area contributed by atoms with Gasteiger partial charge in [0.2, 0.25) is 0 Å². The van der Waals surface area contributed by atoms with Crippen LogP contribution in [0.2, 0.25) is 0 Å². The molecule has 2 heteroatoms. The van der Waals surface area contributed by atoms with Crippen molar-refractivity contribution < 1.29 is 0 Å². The molecule has 0 unspecified atom stereocenters. The number of pyridine rings is 1. The van der Waals surface area contributed by atoms with Crippen molar-refractivity contribution in [1.29, 1.82) is 0 Å². The second kappa shape index (κ2) is 3.54. The number of nitrogen functional groups attached to an aromatic ring is 1. The van der Waals surface area contributed by atoms with Crippen LogP contribution in [0.3, 0.4) is 0 Å². The van der Waals surface area contributed by atoms with Crippen molar-refractivity contribution in [2.45, 2.75) is 26.7 Å². The smallest absolute Gasteiger partial charge is 0.127 e. The largest absolute Gasteiger partial charge is 0.383 e. The van der Waals surface area contributed by atoms with Crippen LogP contribution in [-0.4, -0.2) is 4.98 Å². The summed E-state index contributed by atoms with van der Waals surface area (Å²) < 4.78 is 0. The number of aryl methyl sites for hydroxylation is 1. The highest BCUT2D eigenvalue weighted by Gasteiger charge is 2.07. The zero-order valence-corrected chi connectivity index (χ0v) is 9.41. The van der Waals surface area contributed by atoms with Crippen molar-refractivity contribution in [3.63, 3.8) is 0 Å². The van der Waals surface area contributed by atoms with Gasteiger partial charge in [0.25, 0.3) is 0 Å². The zero-order chi connectivity index (χ0) is 11.0. The van der Waals surface area contributed by atoms with Crippen LogP contribution < -0.4 is 5.73 Å². The predicted molar refractivity (Wildman–Crippen MR) is 65.0 cm³/mol. The molecule has 0 aliphatic rings. The Morgan fingerprint density at radius 1 is 1.20 bits per heavy atom. The topological polar surface area (TPSA) is 38.9 Å². The van der Waals surface area contributed by atoms with E-state index in [0.717, 1.165) is 11.1 Å². The van der Waals surface area contributed by atoms with Gasteiger partial charge in [-0.25, -0.2) is 4.98 Å². The van der Waals surface area contributed by atoms with Gasteiger partial charge in [-0.1, -0.05) is 26.0 Å². The molecule has 0 aliphatic carbocycles. The quantitative estimate of drug-likeness (QED) is 0.767. The molecule has 0 amide bonds. The third-order valence-corrected chi connectivity index (χ3v) is 2.66. The highest BCUT2D eigenvalue weighted by Crippen LogP contribution is 2.25. The van der Waals surface area contributed by atoms with Crippen LogP contribution in [0.5, 0.6) is 0 Å². The number of benzene rings is 1. The fourth-order valence-corrected chi connectivity index (χ4v) is 1.77. The third kappa shape index (κ3) is 1.80. The Hall–Kier alpha value is -1.57. The van der Waals surface area contributed by atoms with E-state index in [1.54, 1.807) is 0 Å². The number of anilines is 1. The molecule has 1 heterocycles. The Labute approximate surface area is 90.1 Å². The molecular formula is C13H16N2. The first-order chi connectivity index (χ1) is 7.08. The number of hydrogen-bond donors (Lipinski definition) is 1. The lowest BCUT2D eigenvalue weighted by molar-refractivity contribution is 0.866. The Balaban J connectivity index is 2.71. The second-order valence-corrected chi connectivity index (χ2v) is 4.31. The lowest BCUT2D eigenvalue weighted by atomic mass is 10.0. The van der Waals surface area contributed by atoms with Crippen molar-refractivity contribution in [3.05, 3.63) is 35.4 Å². The summed E-state index contributed by atoms with van der Waals surface area (Å²) in [6, 6.07) is 8.41. The van der Waals surface area contributed by atoms with E-state index in [-0.39, 0.29) is 0 Å². The summed E-state index contributed by atoms with van der Waals surface area (Å²) in [5.74, 6) is 1.08. The lowest BCUT2D eigenvalue weighted by Gasteiger charge is -2.10. The molecule has 1 aromatic carbocycles. The van der Waals surface area contributed by atoms with E-state index in [4.69, 9.17) is 5.73 Å². The standard InChI is InChI=1S/C13H16N2/c1-8(2)11-7-10-5-4-9(3)6-12(10)15-13(11)14/h4-8H,1-3H3,(H2,14,15). The van der Waals surface area contributed by atoms with E-state index in [1.807, 2.05) is 0 Å². The highest BCUT2D eigenvalue weighted by molar-refractivity contribution is 5.82. The van der Waals surface area contributed by atoms with Crippen molar-refractivity contribution in [1.82, 2.24) is 4.98 Å². The van der Waals surface area contributed by atoms with Gasteiger partial charge in [-0.2, -0.15) is 0 Å². The first-order valence-electron chi connectivity index (χ1n) is 5.24. The summed E-state index contributed by atoms with van der Waals surface area (Å²) in [4.78, 5) is 4.44. The molecule has 78 valence electrons. The minimum atomic E-state index is 0.420. The first kappa shape index (κ1) is 9.97. The minimum absolute atomic E-state index is 0.420. The zero-order valence-electron chi connectivity index (χ0n) is 9.41. The molecule has 0 aliphatic heterocycles. The molecule has 2 rings (SSSR count). The fourth-order valence-electron chi connectivity index (χ4n) is 1.77. The Bertz CT molecular complexity index is 501. The monoisotopic (exact) mass is 200 g/mol. The third-order valence-electron chi connectivity index (χ3n) is 2.66. The van der Waals surface area contributed by atoms with Crippen LogP contribution in [0.25, 0.3) is 10.9 Å². The number of hydrogen-bond acceptors (Lipinski definition) is 2. The minimum Gasteiger partial charge on any atom is -0.383 e. The van der Waals surface area contributed by atoms with Gasteiger partial charge in [0.15, 0.2) is 0 Å². The van der Waals surface area contributed by atoms with Gasteiger partial charge >= 0.3 is 0 Å². The van der Waals surface area contributed by atoms with Crippen molar-refractivity contribution in [2.24, 2.45) is 0 Å². The number of fused-ring (bicyclic) bond motifs is 1. The van der Waals surface area contributed by atoms with Crippen molar-refractivity contribution in [2.75, 3.05) is 5.73 Å². The van der Waals surface area contributed by atoms with Gasteiger partial charge in [0, 0.05) is 5.39 Å². The van der Waals surface area contributed by atoms with Gasteiger partial charge in [0.1, 0.15) is 5.82 Å². The van der Waals surface area contributed by atoms with Gasteiger partial charge in [-0.3, -0.25) is 0 Å². The Morgan fingerprint density at radius 2 is 1.93 bits per heavy atom. The maximum atomic E-state index is 5.93.